The predicted octanol–water partition coefficient (Wildman–Crippen LogP) is -0.663. The highest BCUT2D eigenvalue weighted by molar-refractivity contribution is 4.91. The molecule has 21 heavy (non-hydrogen) atoms. The lowest BCUT2D eigenvalue weighted by atomic mass is 9.93. The van der Waals surface area contributed by atoms with Crippen LogP contribution in [-0.2, 0) is 23.7 Å². The molecular formula is C14H26O7. The van der Waals surface area contributed by atoms with Gasteiger partial charge in [0.15, 0.2) is 0 Å². The number of hydrogen-bond donors (Lipinski definition) is 2. The Balaban J connectivity index is 1.48. The van der Waals surface area contributed by atoms with Crippen LogP contribution < -0.4 is 0 Å². The average molecular weight is 306 g/mol. The van der Waals surface area contributed by atoms with Crippen molar-refractivity contribution in [1.29, 1.82) is 0 Å². The molecule has 2 unspecified atom stereocenters. The molecule has 0 radical (unpaired) electrons. The summed E-state index contributed by atoms with van der Waals surface area (Å²) in [5, 5.41) is 19.1. The highest BCUT2D eigenvalue weighted by Gasteiger charge is 2.41. The van der Waals surface area contributed by atoms with Gasteiger partial charge < -0.3 is 33.9 Å². The Hall–Kier alpha value is -0.280. The second-order valence-corrected chi connectivity index (χ2v) is 5.54. The first kappa shape index (κ1) is 17.1. The van der Waals surface area contributed by atoms with Crippen LogP contribution >= 0.6 is 0 Å². The van der Waals surface area contributed by atoms with Crippen molar-refractivity contribution in [2.24, 2.45) is 0 Å². The standard InChI is InChI=1S/C14H26O7/c15-1-2-17-3-4-18-5-6-19-11-14(16,7-12-9-20-12)8-13-10-21-13/h12-13,15-16H,1-11H2. The Morgan fingerprint density at radius 1 is 0.857 bits per heavy atom. The highest BCUT2D eigenvalue weighted by atomic mass is 16.6. The number of rotatable bonds is 14. The molecule has 2 N–H and O–H groups in total. The third-order valence-electron chi connectivity index (χ3n) is 3.37. The van der Waals surface area contributed by atoms with Crippen molar-refractivity contribution in [1.82, 2.24) is 0 Å². The zero-order chi connectivity index (χ0) is 15.0. The SMILES string of the molecule is OCCOCCOCCOCC(O)(CC1CO1)CC1CO1. The summed E-state index contributed by atoms with van der Waals surface area (Å²) in [6, 6.07) is 0. The van der Waals surface area contributed by atoms with Gasteiger partial charge in [0.25, 0.3) is 0 Å². The first-order valence-corrected chi connectivity index (χ1v) is 7.51. The van der Waals surface area contributed by atoms with E-state index in [9.17, 15) is 5.11 Å². The van der Waals surface area contributed by atoms with E-state index < -0.39 is 5.60 Å². The summed E-state index contributed by atoms with van der Waals surface area (Å²) in [4.78, 5) is 0. The van der Waals surface area contributed by atoms with Crippen LogP contribution in [0.3, 0.4) is 0 Å². The van der Waals surface area contributed by atoms with E-state index in [4.69, 9.17) is 28.8 Å². The number of aliphatic hydroxyl groups is 2. The van der Waals surface area contributed by atoms with Crippen molar-refractivity contribution in [2.45, 2.75) is 30.7 Å². The number of epoxide rings is 2. The third kappa shape index (κ3) is 8.06. The fraction of sp³-hybridized carbons (Fsp3) is 1.00. The van der Waals surface area contributed by atoms with Crippen LogP contribution in [-0.4, -0.2) is 87.5 Å². The normalized spacial score (nSPS) is 26.6. The van der Waals surface area contributed by atoms with Crippen LogP contribution in [0.5, 0.6) is 0 Å². The minimum Gasteiger partial charge on any atom is -0.394 e. The summed E-state index contributed by atoms with van der Waals surface area (Å²) >= 11 is 0. The van der Waals surface area contributed by atoms with Crippen LogP contribution in [0.1, 0.15) is 12.8 Å². The van der Waals surface area contributed by atoms with Gasteiger partial charge >= 0.3 is 0 Å². The molecule has 2 rings (SSSR count). The zero-order valence-electron chi connectivity index (χ0n) is 12.4. The van der Waals surface area contributed by atoms with Gasteiger partial charge in [0, 0.05) is 12.8 Å². The monoisotopic (exact) mass is 306 g/mol. The molecule has 2 aliphatic rings. The van der Waals surface area contributed by atoms with Crippen molar-refractivity contribution in [3.8, 4) is 0 Å². The van der Waals surface area contributed by atoms with Gasteiger partial charge in [-0.2, -0.15) is 0 Å². The smallest absolute Gasteiger partial charge is 0.0931 e. The molecular weight excluding hydrogens is 280 g/mol. The van der Waals surface area contributed by atoms with Crippen molar-refractivity contribution in [3.63, 3.8) is 0 Å². The average Bonchev–Trinajstić information content (AvgIpc) is 3.35. The summed E-state index contributed by atoms with van der Waals surface area (Å²) < 4.78 is 26.3. The molecule has 2 heterocycles. The summed E-state index contributed by atoms with van der Waals surface area (Å²) in [7, 11) is 0. The van der Waals surface area contributed by atoms with Crippen LogP contribution in [0.4, 0.5) is 0 Å². The Kier molecular flexibility index (Phi) is 7.31. The number of aliphatic hydroxyl groups excluding tert-OH is 1. The van der Waals surface area contributed by atoms with E-state index in [0.29, 0.717) is 45.9 Å². The van der Waals surface area contributed by atoms with Gasteiger partial charge in [0.2, 0.25) is 0 Å². The van der Waals surface area contributed by atoms with Crippen molar-refractivity contribution >= 4 is 0 Å². The molecule has 2 fully saturated rings. The minimum absolute atomic E-state index is 0.0249. The van der Waals surface area contributed by atoms with Gasteiger partial charge in [-0.3, -0.25) is 0 Å². The minimum atomic E-state index is -0.868. The lowest BCUT2D eigenvalue weighted by Gasteiger charge is -2.26. The third-order valence-corrected chi connectivity index (χ3v) is 3.37. The molecule has 2 atom stereocenters. The van der Waals surface area contributed by atoms with Crippen molar-refractivity contribution < 1.29 is 33.9 Å². The molecule has 0 aliphatic carbocycles. The second-order valence-electron chi connectivity index (χ2n) is 5.54. The summed E-state index contributed by atoms with van der Waals surface area (Å²) in [5.74, 6) is 0. The first-order chi connectivity index (χ1) is 10.2. The van der Waals surface area contributed by atoms with E-state index in [-0.39, 0.29) is 25.4 Å². The molecule has 7 nitrogen and oxygen atoms in total. The fourth-order valence-electron chi connectivity index (χ4n) is 2.19. The molecule has 0 aromatic carbocycles. The molecule has 2 aliphatic heterocycles. The highest BCUT2D eigenvalue weighted by Crippen LogP contribution is 2.30. The van der Waals surface area contributed by atoms with E-state index in [1.807, 2.05) is 0 Å². The van der Waals surface area contributed by atoms with E-state index in [1.165, 1.54) is 0 Å². The molecule has 0 amide bonds. The topological polar surface area (TPSA) is 93.2 Å². The van der Waals surface area contributed by atoms with E-state index in [2.05, 4.69) is 0 Å². The fourth-order valence-corrected chi connectivity index (χ4v) is 2.19. The van der Waals surface area contributed by atoms with Crippen molar-refractivity contribution in [2.75, 3.05) is 59.5 Å². The molecule has 7 heteroatoms. The molecule has 0 aromatic rings. The van der Waals surface area contributed by atoms with Gasteiger partial charge in [-0.05, 0) is 0 Å². The van der Waals surface area contributed by atoms with E-state index in [1.54, 1.807) is 0 Å². The maximum Gasteiger partial charge on any atom is 0.0931 e. The molecule has 124 valence electrons. The van der Waals surface area contributed by atoms with Crippen LogP contribution in [0.15, 0.2) is 0 Å². The largest absolute Gasteiger partial charge is 0.394 e. The van der Waals surface area contributed by atoms with E-state index in [0.717, 1.165) is 13.2 Å². The van der Waals surface area contributed by atoms with Gasteiger partial charge in [-0.25, -0.2) is 0 Å². The molecule has 2 saturated heterocycles. The lowest BCUT2D eigenvalue weighted by molar-refractivity contribution is -0.0755. The molecule has 0 spiro atoms. The second kappa shape index (κ2) is 8.99. The van der Waals surface area contributed by atoms with Gasteiger partial charge in [0.1, 0.15) is 0 Å². The quantitative estimate of drug-likeness (QED) is 0.325. The zero-order valence-corrected chi connectivity index (χ0v) is 12.4. The molecule has 0 aromatic heterocycles. The van der Waals surface area contributed by atoms with Crippen LogP contribution in [0.2, 0.25) is 0 Å². The van der Waals surface area contributed by atoms with Gasteiger partial charge in [-0.15, -0.1) is 0 Å². The first-order valence-electron chi connectivity index (χ1n) is 7.51. The number of ether oxygens (including phenoxy) is 5. The summed E-state index contributed by atoms with van der Waals surface area (Å²) in [6.45, 7) is 3.91. The van der Waals surface area contributed by atoms with Crippen molar-refractivity contribution in [3.05, 3.63) is 0 Å². The van der Waals surface area contributed by atoms with Crippen LogP contribution in [0.25, 0.3) is 0 Å². The van der Waals surface area contributed by atoms with Gasteiger partial charge in [0.05, 0.1) is 77.3 Å². The molecule has 0 saturated carbocycles. The Bertz CT molecular complexity index is 264. The Morgan fingerprint density at radius 2 is 1.33 bits per heavy atom. The summed E-state index contributed by atoms with van der Waals surface area (Å²) in [5.41, 5.74) is -0.868. The Labute approximate surface area is 125 Å². The lowest BCUT2D eigenvalue weighted by Crippen LogP contribution is -2.38. The molecule has 0 bridgehead atoms. The maximum absolute atomic E-state index is 10.6. The maximum atomic E-state index is 10.6. The van der Waals surface area contributed by atoms with Crippen LogP contribution in [0, 0.1) is 0 Å². The van der Waals surface area contributed by atoms with Gasteiger partial charge in [-0.1, -0.05) is 0 Å². The Morgan fingerprint density at radius 3 is 1.81 bits per heavy atom. The summed E-state index contributed by atoms with van der Waals surface area (Å²) in [6.07, 6.45) is 1.53. The predicted molar refractivity (Wildman–Crippen MR) is 73.2 cm³/mol. The van der Waals surface area contributed by atoms with E-state index >= 15 is 0 Å². The number of hydrogen-bond acceptors (Lipinski definition) is 7.